The molecule has 0 aliphatic rings. The van der Waals surface area contributed by atoms with Crippen LogP contribution in [-0.4, -0.2) is 0 Å². The van der Waals surface area contributed by atoms with E-state index in [9.17, 15) is 0 Å². The van der Waals surface area contributed by atoms with Crippen LogP contribution in [0, 0.1) is 26.0 Å². The minimum atomic E-state index is -0.00926. The Balaban J connectivity index is 0. The molecule has 7 heavy (non-hydrogen) atoms. The fourth-order valence-corrected chi connectivity index (χ4v) is 0.0642. The van der Waals surface area contributed by atoms with Crippen molar-refractivity contribution in [3.63, 3.8) is 0 Å². The average Bonchev–Trinajstić information content (AvgIpc) is 1.65. The van der Waals surface area contributed by atoms with E-state index in [0.717, 1.165) is 0 Å². The Hall–Kier alpha value is -0.0265. The molecule has 0 aliphatic heterocycles. The Kier molecular flexibility index (Phi) is 8.58. The zero-order valence-electron chi connectivity index (χ0n) is 3.91. The van der Waals surface area contributed by atoms with Crippen molar-refractivity contribution in [2.24, 2.45) is 5.92 Å². The number of hydrogen-bond donors (Lipinski definition) is 0. The topological polar surface area (TPSA) is 0 Å². The Labute approximate surface area is 55.2 Å². The van der Waals surface area contributed by atoms with Gasteiger partial charge in [-0.15, -0.1) is 0 Å². The normalized spacial score (nSPS) is 11.0. The Morgan fingerprint density at radius 3 is 1.57 bits per heavy atom. The van der Waals surface area contributed by atoms with Gasteiger partial charge in [0.2, 0.25) is 0 Å². The molecule has 0 saturated carbocycles. The van der Waals surface area contributed by atoms with Crippen LogP contribution >= 0.6 is 0 Å². The van der Waals surface area contributed by atoms with Crippen LogP contribution in [0.2, 0.25) is 0 Å². The molecule has 0 aromatic rings. The minimum absolute atomic E-state index is 0. The molecule has 0 aliphatic carbocycles. The second kappa shape index (κ2) is 5.97. The molecule has 0 atom stereocenters. The first kappa shape index (κ1) is 10.1. The predicted molar refractivity (Wildman–Crippen MR) is 26.6 cm³/mol. The summed E-state index contributed by atoms with van der Waals surface area (Å²) < 4.78 is 0. The number of hydrogen-bond acceptors (Lipinski definition) is 0. The van der Waals surface area contributed by atoms with Crippen LogP contribution in [0.4, 0.5) is 0 Å². The van der Waals surface area contributed by atoms with Gasteiger partial charge in [0.1, 0.15) is 0 Å². The molecule has 1 heteroatoms. The van der Waals surface area contributed by atoms with E-state index in [1.807, 2.05) is 0 Å². The molecule has 0 saturated heterocycles. The van der Waals surface area contributed by atoms with E-state index in [4.69, 9.17) is 13.2 Å². The maximum atomic E-state index is 4.98. The maximum absolute atomic E-state index is 4.98. The predicted octanol–water partition coefficient (Wildman–Crippen LogP) is 1.41. The quantitative estimate of drug-likeness (QED) is 0.399. The summed E-state index contributed by atoms with van der Waals surface area (Å²) in [6, 6.07) is 0. The van der Waals surface area contributed by atoms with Gasteiger partial charge in [-0.05, 0) is 0 Å². The summed E-state index contributed by atoms with van der Waals surface area (Å²) in [7, 11) is 0. The molecule has 0 fully saturated rings. The van der Waals surface area contributed by atoms with Gasteiger partial charge in [-0.2, -0.15) is 5.92 Å². The van der Waals surface area contributed by atoms with Crippen molar-refractivity contribution in [3.8, 4) is 0 Å². The molecule has 1 radical (unpaired) electrons. The molecule has 0 aromatic carbocycles. The molecule has 0 unspecified atom stereocenters. The van der Waals surface area contributed by atoms with Crippen molar-refractivity contribution in [3.05, 3.63) is 32.2 Å². The van der Waals surface area contributed by atoms with Crippen LogP contribution in [-0.2, 0) is 16.5 Å². The fraction of sp³-hybridized carbons (Fsp3) is 0.167. The molecule has 0 heterocycles. The van der Waals surface area contributed by atoms with Crippen LogP contribution in [0.15, 0.2) is 12.2 Å². The number of allylic oxidation sites excluding steroid dienone is 2. The van der Waals surface area contributed by atoms with Gasteiger partial charge in [-0.25, -0.2) is 0 Å². The second-order valence-corrected chi connectivity index (χ2v) is 1.05. The summed E-state index contributed by atoms with van der Waals surface area (Å²) >= 11 is 0. The molecule has 0 rings (SSSR count). The van der Waals surface area contributed by atoms with E-state index in [1.54, 1.807) is 0 Å². The van der Waals surface area contributed by atoms with Gasteiger partial charge < -0.3 is 20.1 Å². The van der Waals surface area contributed by atoms with Crippen LogP contribution in [0.5, 0.6) is 0 Å². The minimum Gasteiger partial charge on any atom is -0.520 e. The summed E-state index contributed by atoms with van der Waals surface area (Å²) in [5, 5.41) is 0. The zero-order chi connectivity index (χ0) is 4.99. The molecule has 41 valence electrons. The average molecular weight is 138 g/mol. The van der Waals surface area contributed by atoms with Gasteiger partial charge in [0.25, 0.3) is 0 Å². The largest absolute Gasteiger partial charge is 3.00 e. The molecular weight excluding hydrogens is 131 g/mol. The van der Waals surface area contributed by atoms with E-state index >= 15 is 0 Å². The fourth-order valence-electron chi connectivity index (χ4n) is 0.0642. The second-order valence-electron chi connectivity index (χ2n) is 1.05. The van der Waals surface area contributed by atoms with E-state index in [0.29, 0.717) is 0 Å². The monoisotopic (exact) mass is 137 g/mol. The molecule has 0 aromatic heterocycles. The van der Waals surface area contributed by atoms with E-state index in [2.05, 4.69) is 6.92 Å². The van der Waals surface area contributed by atoms with E-state index < -0.39 is 0 Å². The van der Waals surface area contributed by atoms with Crippen molar-refractivity contribution in [2.45, 2.75) is 0 Å². The molecule has 0 nitrogen and oxygen atoms in total. The van der Waals surface area contributed by atoms with Gasteiger partial charge in [-0.1, -0.05) is 0 Å². The van der Waals surface area contributed by atoms with Crippen molar-refractivity contribution in [1.82, 2.24) is 0 Å². The van der Waals surface area contributed by atoms with Crippen molar-refractivity contribution >= 4 is 0 Å². The first-order valence-corrected chi connectivity index (χ1v) is 1.74. The third kappa shape index (κ3) is 5.97. The summed E-state index contributed by atoms with van der Waals surface area (Å²) in [6.45, 7) is 13.5. The van der Waals surface area contributed by atoms with Crippen LogP contribution in [0.25, 0.3) is 0 Å². The molecule has 0 bridgehead atoms. The summed E-state index contributed by atoms with van der Waals surface area (Å²) in [5.41, 5.74) is 0. The summed E-state index contributed by atoms with van der Waals surface area (Å²) in [4.78, 5) is 0. The maximum Gasteiger partial charge on any atom is 3.00 e. The van der Waals surface area contributed by atoms with Gasteiger partial charge in [0, 0.05) is 0 Å². The molecular formula is C6H7Ni. The smallest absolute Gasteiger partial charge is 0.520 e. The Morgan fingerprint density at radius 2 is 1.57 bits per heavy atom. The van der Waals surface area contributed by atoms with Gasteiger partial charge in [-0.3, -0.25) is 12.2 Å². The van der Waals surface area contributed by atoms with Crippen LogP contribution in [0.3, 0.4) is 0 Å². The van der Waals surface area contributed by atoms with Crippen LogP contribution < -0.4 is 0 Å². The van der Waals surface area contributed by atoms with Gasteiger partial charge in [0.05, 0.1) is 0 Å². The molecule has 0 N–H and O–H groups in total. The third-order valence-electron chi connectivity index (χ3n) is 0.494. The summed E-state index contributed by atoms with van der Waals surface area (Å²) in [5.74, 6) is -0.00926. The molecule has 0 spiro atoms. The first-order valence-electron chi connectivity index (χ1n) is 1.74. The van der Waals surface area contributed by atoms with Crippen molar-refractivity contribution in [2.75, 3.05) is 0 Å². The standard InChI is InChI=1S/C6H7.Ni/c1-4-6(3)5-2;/h1-2,4-6H,3H2;/q-3;+3. The summed E-state index contributed by atoms with van der Waals surface area (Å²) in [6.07, 6.45) is 2.86. The van der Waals surface area contributed by atoms with Crippen molar-refractivity contribution < 1.29 is 16.5 Å². The van der Waals surface area contributed by atoms with Gasteiger partial charge >= 0.3 is 16.5 Å². The zero-order valence-corrected chi connectivity index (χ0v) is 4.90. The number of rotatable bonds is 2. The Morgan fingerprint density at radius 1 is 1.29 bits per heavy atom. The van der Waals surface area contributed by atoms with Crippen molar-refractivity contribution in [1.29, 1.82) is 0 Å². The van der Waals surface area contributed by atoms with Gasteiger partial charge in [0.15, 0.2) is 0 Å². The molecule has 0 amide bonds. The SMILES string of the molecule is [CH-]=CC([CH2-])C=[CH-].[Ni+3]. The van der Waals surface area contributed by atoms with E-state index in [-0.39, 0.29) is 22.4 Å². The first-order chi connectivity index (χ1) is 2.81. The van der Waals surface area contributed by atoms with Crippen LogP contribution in [0.1, 0.15) is 0 Å². The Bertz CT molecular complexity index is 49.2. The third-order valence-corrected chi connectivity index (χ3v) is 0.494. The van der Waals surface area contributed by atoms with E-state index in [1.165, 1.54) is 12.2 Å².